The molecule has 0 unspecified atom stereocenters. The van der Waals surface area contributed by atoms with Crippen molar-refractivity contribution in [1.29, 1.82) is 0 Å². The Balaban J connectivity index is 1.84. The summed E-state index contributed by atoms with van der Waals surface area (Å²) in [6.45, 7) is 1.65. The van der Waals surface area contributed by atoms with Gasteiger partial charge in [0.1, 0.15) is 18.8 Å². The van der Waals surface area contributed by atoms with Crippen LogP contribution in [-0.2, 0) is 22.3 Å². The molecule has 5 N–H and O–H groups in total. The number of carboxylic acid groups (broad SMARTS) is 1. The molecule has 8 heteroatoms. The van der Waals surface area contributed by atoms with Gasteiger partial charge in [-0.3, -0.25) is 0 Å². The molecular formula is C22H26O8. The van der Waals surface area contributed by atoms with Crippen molar-refractivity contribution >= 4 is 6.16 Å². The molecule has 0 saturated carbocycles. The Morgan fingerprint density at radius 3 is 2.53 bits per heavy atom. The summed E-state index contributed by atoms with van der Waals surface area (Å²) >= 11 is 0. The number of phenolic OH excluding ortho intramolecular Hbond substituents is 2. The molecule has 4 atom stereocenters. The quantitative estimate of drug-likeness (QED) is 0.356. The minimum atomic E-state index is -1.48. The molecule has 0 spiro atoms. The Morgan fingerprint density at radius 1 is 1.10 bits per heavy atom. The number of hydrogen-bond acceptors (Lipinski definition) is 7. The first-order valence-electron chi connectivity index (χ1n) is 9.78. The van der Waals surface area contributed by atoms with Gasteiger partial charge in [0.05, 0.1) is 12.2 Å². The predicted molar refractivity (Wildman–Crippen MR) is 107 cm³/mol. The van der Waals surface area contributed by atoms with Crippen LogP contribution in [0.3, 0.4) is 0 Å². The van der Waals surface area contributed by atoms with Crippen molar-refractivity contribution in [2.75, 3.05) is 6.61 Å². The average molecular weight is 418 g/mol. The van der Waals surface area contributed by atoms with Gasteiger partial charge in [-0.25, -0.2) is 4.79 Å². The van der Waals surface area contributed by atoms with Crippen LogP contribution >= 0.6 is 0 Å². The molecule has 0 aromatic heterocycles. The summed E-state index contributed by atoms with van der Waals surface area (Å²) in [5.41, 5.74) is 3.72. The first kappa shape index (κ1) is 21.9. The second-order valence-corrected chi connectivity index (χ2v) is 7.42. The lowest BCUT2D eigenvalue weighted by Crippen LogP contribution is -2.48. The lowest BCUT2D eigenvalue weighted by Gasteiger charge is -2.37. The maximum atomic E-state index is 10.7. The zero-order chi connectivity index (χ0) is 21.8. The van der Waals surface area contributed by atoms with E-state index in [-0.39, 0.29) is 24.5 Å². The van der Waals surface area contributed by atoms with Crippen LogP contribution in [0.25, 0.3) is 0 Å². The number of ether oxygens (including phenoxy) is 2. The molecule has 3 rings (SSSR count). The summed E-state index contributed by atoms with van der Waals surface area (Å²) in [5, 5.41) is 48.3. The monoisotopic (exact) mass is 418 g/mol. The molecule has 1 aliphatic rings. The zero-order valence-electron chi connectivity index (χ0n) is 16.6. The minimum Gasteiger partial charge on any atom is -0.504 e. The molecule has 0 aliphatic carbocycles. The number of phenols is 2. The molecule has 0 radical (unpaired) electrons. The van der Waals surface area contributed by atoms with Gasteiger partial charge in [0.2, 0.25) is 0 Å². The van der Waals surface area contributed by atoms with Gasteiger partial charge in [-0.05, 0) is 47.2 Å². The highest BCUT2D eigenvalue weighted by atomic mass is 16.7. The van der Waals surface area contributed by atoms with Crippen LogP contribution in [0, 0.1) is 0 Å². The van der Waals surface area contributed by atoms with Gasteiger partial charge in [-0.2, -0.15) is 0 Å². The third-order valence-electron chi connectivity index (χ3n) is 5.36. The van der Waals surface area contributed by atoms with Crippen molar-refractivity contribution in [1.82, 2.24) is 0 Å². The number of aliphatic hydroxyl groups excluding tert-OH is 2. The average Bonchev–Trinajstić information content (AvgIpc) is 2.71. The highest BCUT2D eigenvalue weighted by Gasteiger charge is 2.38. The molecule has 1 saturated heterocycles. The van der Waals surface area contributed by atoms with Gasteiger partial charge in [0.25, 0.3) is 0 Å². The standard InChI is InChI=1S/C22H26O8/c1-2-13-4-5-14(9-15(13)7-12-3-6-16(23)17(24)8-12)19-10-18(25)21(26)20(30-19)11-29-22(27)28/h3-6,8-9,18-21,23-26H,2,7,10-11H2,1H3,(H,27,28)/t18-,19-,20-,21+/m1/s1. The van der Waals surface area contributed by atoms with Crippen LogP contribution < -0.4 is 0 Å². The Labute approximate surface area is 173 Å². The number of aliphatic hydroxyl groups is 2. The van der Waals surface area contributed by atoms with Crippen LogP contribution in [0.15, 0.2) is 36.4 Å². The van der Waals surface area contributed by atoms with Gasteiger partial charge < -0.3 is 35.0 Å². The smallest absolute Gasteiger partial charge is 0.504 e. The van der Waals surface area contributed by atoms with Crippen LogP contribution in [0.2, 0.25) is 0 Å². The summed E-state index contributed by atoms with van der Waals surface area (Å²) in [7, 11) is 0. The number of benzene rings is 2. The summed E-state index contributed by atoms with van der Waals surface area (Å²) in [4.78, 5) is 10.7. The van der Waals surface area contributed by atoms with Crippen molar-refractivity contribution in [3.8, 4) is 11.5 Å². The topological polar surface area (TPSA) is 137 Å². The fourth-order valence-electron chi connectivity index (χ4n) is 3.71. The number of rotatable bonds is 6. The van der Waals surface area contributed by atoms with Crippen LogP contribution in [0.4, 0.5) is 4.79 Å². The van der Waals surface area contributed by atoms with Gasteiger partial charge in [0, 0.05) is 6.42 Å². The molecule has 8 nitrogen and oxygen atoms in total. The van der Waals surface area contributed by atoms with E-state index in [4.69, 9.17) is 9.84 Å². The second kappa shape index (κ2) is 9.34. The summed E-state index contributed by atoms with van der Waals surface area (Å²) < 4.78 is 10.4. The Kier molecular flexibility index (Phi) is 6.81. The molecule has 1 heterocycles. The molecule has 1 aliphatic heterocycles. The molecule has 1 fully saturated rings. The third kappa shape index (κ3) is 5.02. The Bertz CT molecular complexity index is 897. The molecule has 162 valence electrons. The van der Waals surface area contributed by atoms with Gasteiger partial charge in [-0.1, -0.05) is 31.2 Å². The Morgan fingerprint density at radius 2 is 1.87 bits per heavy atom. The summed E-state index contributed by atoms with van der Waals surface area (Å²) in [6.07, 6.45) is -3.83. The van der Waals surface area contributed by atoms with E-state index in [0.717, 1.165) is 28.7 Å². The lowest BCUT2D eigenvalue weighted by molar-refractivity contribution is -0.183. The third-order valence-corrected chi connectivity index (χ3v) is 5.36. The highest BCUT2D eigenvalue weighted by molar-refractivity contribution is 5.56. The van der Waals surface area contributed by atoms with E-state index in [1.807, 2.05) is 25.1 Å². The highest BCUT2D eigenvalue weighted by Crippen LogP contribution is 2.34. The SMILES string of the molecule is CCc1ccc([C@H]2C[C@@H](O)[C@H](O)[C@@H](COC(=O)O)O2)cc1Cc1ccc(O)c(O)c1. The van der Waals surface area contributed by atoms with E-state index in [9.17, 15) is 25.2 Å². The molecular weight excluding hydrogens is 392 g/mol. The van der Waals surface area contributed by atoms with E-state index in [2.05, 4.69) is 4.74 Å². The van der Waals surface area contributed by atoms with E-state index in [0.29, 0.717) is 6.42 Å². The first-order chi connectivity index (χ1) is 14.3. The molecule has 0 amide bonds. The molecule has 30 heavy (non-hydrogen) atoms. The minimum absolute atomic E-state index is 0.162. The van der Waals surface area contributed by atoms with Crippen molar-refractivity contribution < 1.29 is 39.8 Å². The first-order valence-corrected chi connectivity index (χ1v) is 9.78. The molecule has 0 bridgehead atoms. The van der Waals surface area contributed by atoms with E-state index < -0.39 is 30.6 Å². The van der Waals surface area contributed by atoms with Crippen molar-refractivity contribution in [3.05, 3.63) is 58.7 Å². The van der Waals surface area contributed by atoms with Crippen LogP contribution in [-0.4, -0.2) is 56.6 Å². The predicted octanol–water partition coefficient (Wildman–Crippen LogP) is 2.50. The van der Waals surface area contributed by atoms with Crippen molar-refractivity contribution in [2.24, 2.45) is 0 Å². The van der Waals surface area contributed by atoms with E-state index in [1.54, 1.807) is 6.07 Å². The molecule has 2 aromatic rings. The molecule has 2 aromatic carbocycles. The van der Waals surface area contributed by atoms with Gasteiger partial charge in [-0.15, -0.1) is 0 Å². The van der Waals surface area contributed by atoms with Gasteiger partial charge >= 0.3 is 6.16 Å². The van der Waals surface area contributed by atoms with E-state index in [1.165, 1.54) is 12.1 Å². The normalized spacial score (nSPS) is 23.8. The van der Waals surface area contributed by atoms with Crippen LogP contribution in [0.1, 0.15) is 41.7 Å². The lowest BCUT2D eigenvalue weighted by atomic mass is 9.90. The van der Waals surface area contributed by atoms with Crippen LogP contribution in [0.5, 0.6) is 11.5 Å². The summed E-state index contributed by atoms with van der Waals surface area (Å²) in [5.74, 6) is -0.364. The maximum Gasteiger partial charge on any atom is 0.505 e. The van der Waals surface area contributed by atoms with Crippen molar-refractivity contribution in [2.45, 2.75) is 50.6 Å². The maximum absolute atomic E-state index is 10.7. The number of hydrogen-bond donors (Lipinski definition) is 5. The van der Waals surface area contributed by atoms with Crippen molar-refractivity contribution in [3.63, 3.8) is 0 Å². The summed E-state index contributed by atoms with van der Waals surface area (Å²) in [6, 6.07) is 10.5. The fourth-order valence-corrected chi connectivity index (χ4v) is 3.71. The number of aryl methyl sites for hydroxylation is 1. The zero-order valence-corrected chi connectivity index (χ0v) is 16.6. The van der Waals surface area contributed by atoms with Gasteiger partial charge in [0.15, 0.2) is 11.5 Å². The van der Waals surface area contributed by atoms with E-state index >= 15 is 0 Å². The fraction of sp³-hybridized carbons (Fsp3) is 0.409. The Hall–Kier alpha value is -2.81. The number of aromatic hydroxyl groups is 2. The largest absolute Gasteiger partial charge is 0.505 e. The number of carbonyl (C=O) groups is 1. The second-order valence-electron chi connectivity index (χ2n) is 7.42.